The highest BCUT2D eigenvalue weighted by molar-refractivity contribution is 5.97. The number of carbonyl (C=O) groups is 1. The first kappa shape index (κ1) is 17.0. The number of aromatic nitrogens is 2. The van der Waals surface area contributed by atoms with Gasteiger partial charge in [0.05, 0.1) is 12.7 Å². The molecule has 0 unspecified atom stereocenters. The summed E-state index contributed by atoms with van der Waals surface area (Å²) in [6.07, 6.45) is 7.24. The van der Waals surface area contributed by atoms with Gasteiger partial charge in [0.25, 0.3) is 5.91 Å². The van der Waals surface area contributed by atoms with Crippen LogP contribution in [0.1, 0.15) is 42.5 Å². The number of primary amides is 1. The Morgan fingerprint density at radius 1 is 1.20 bits per heavy atom. The van der Waals surface area contributed by atoms with E-state index in [9.17, 15) is 4.79 Å². The van der Waals surface area contributed by atoms with E-state index in [1.54, 1.807) is 7.11 Å². The van der Waals surface area contributed by atoms with Gasteiger partial charge in [-0.2, -0.15) is 4.98 Å². The Morgan fingerprint density at radius 2 is 1.92 bits per heavy atom. The summed E-state index contributed by atoms with van der Waals surface area (Å²) >= 11 is 0. The smallest absolute Gasteiger partial charge is 0.254 e. The average molecular weight is 341 g/mol. The van der Waals surface area contributed by atoms with E-state index in [4.69, 9.17) is 10.5 Å². The molecule has 1 aromatic carbocycles. The molecule has 0 atom stereocenters. The number of hydrogen-bond acceptors (Lipinski definition) is 6. The van der Waals surface area contributed by atoms with Crippen LogP contribution in [0, 0.1) is 0 Å². The zero-order valence-electron chi connectivity index (χ0n) is 14.3. The van der Waals surface area contributed by atoms with Crippen molar-refractivity contribution in [2.45, 2.75) is 38.1 Å². The molecule has 7 nitrogen and oxygen atoms in total. The minimum absolute atomic E-state index is 0.311. The Balaban J connectivity index is 1.79. The normalized spacial score (nSPS) is 14.8. The maximum atomic E-state index is 11.7. The van der Waals surface area contributed by atoms with Crippen molar-refractivity contribution in [3.05, 3.63) is 36.0 Å². The molecule has 4 N–H and O–H groups in total. The van der Waals surface area contributed by atoms with E-state index in [0.717, 1.165) is 24.3 Å². The van der Waals surface area contributed by atoms with Gasteiger partial charge < -0.3 is 21.1 Å². The molecular weight excluding hydrogens is 318 g/mol. The molecule has 0 bridgehead atoms. The predicted octanol–water partition coefficient (Wildman–Crippen LogP) is 3.07. The van der Waals surface area contributed by atoms with Crippen LogP contribution in [0.5, 0.6) is 5.75 Å². The van der Waals surface area contributed by atoms with Crippen LogP contribution < -0.4 is 21.1 Å². The van der Waals surface area contributed by atoms with Gasteiger partial charge >= 0.3 is 0 Å². The Hall–Kier alpha value is -2.83. The lowest BCUT2D eigenvalue weighted by molar-refractivity contribution is 0.100. The maximum Gasteiger partial charge on any atom is 0.254 e. The molecule has 0 aliphatic heterocycles. The van der Waals surface area contributed by atoms with Crippen LogP contribution in [0.3, 0.4) is 0 Å². The lowest BCUT2D eigenvalue weighted by Gasteiger charge is -2.24. The van der Waals surface area contributed by atoms with Crippen molar-refractivity contribution >= 4 is 23.4 Å². The first-order valence-corrected chi connectivity index (χ1v) is 8.50. The Labute approximate surface area is 147 Å². The van der Waals surface area contributed by atoms with E-state index in [-0.39, 0.29) is 0 Å². The van der Waals surface area contributed by atoms with Gasteiger partial charge in [-0.25, -0.2) is 4.98 Å². The number of rotatable bonds is 6. The van der Waals surface area contributed by atoms with Crippen molar-refractivity contribution in [3.8, 4) is 5.75 Å². The van der Waals surface area contributed by atoms with Crippen molar-refractivity contribution in [1.29, 1.82) is 0 Å². The molecule has 0 saturated heterocycles. The fourth-order valence-electron chi connectivity index (χ4n) is 2.98. The second kappa shape index (κ2) is 7.83. The number of nitrogens with one attached hydrogen (secondary N) is 2. The van der Waals surface area contributed by atoms with Gasteiger partial charge in [0.15, 0.2) is 0 Å². The number of methoxy groups -OCH3 is 1. The average Bonchev–Trinajstić information content (AvgIpc) is 2.63. The van der Waals surface area contributed by atoms with E-state index in [1.165, 1.54) is 25.5 Å². The van der Waals surface area contributed by atoms with Crippen molar-refractivity contribution in [2.24, 2.45) is 5.73 Å². The van der Waals surface area contributed by atoms with Crippen LogP contribution in [0.2, 0.25) is 0 Å². The number of benzene rings is 1. The summed E-state index contributed by atoms with van der Waals surface area (Å²) in [7, 11) is 1.62. The summed E-state index contributed by atoms with van der Waals surface area (Å²) in [6.45, 7) is 0. The lowest BCUT2D eigenvalue weighted by atomic mass is 9.95. The molecule has 1 aliphatic rings. The molecule has 1 saturated carbocycles. The van der Waals surface area contributed by atoms with E-state index < -0.39 is 5.91 Å². The third-order valence-corrected chi connectivity index (χ3v) is 4.35. The zero-order valence-corrected chi connectivity index (χ0v) is 14.3. The van der Waals surface area contributed by atoms with Crippen LogP contribution in [-0.4, -0.2) is 29.0 Å². The van der Waals surface area contributed by atoms with Gasteiger partial charge in [-0.15, -0.1) is 0 Å². The number of hydrogen-bond donors (Lipinski definition) is 3. The molecule has 0 spiro atoms. The predicted molar refractivity (Wildman–Crippen MR) is 97.3 cm³/mol. The number of anilines is 3. The fourth-order valence-corrected chi connectivity index (χ4v) is 2.98. The van der Waals surface area contributed by atoms with Gasteiger partial charge in [-0.3, -0.25) is 4.79 Å². The minimum Gasteiger partial charge on any atom is -0.497 e. The summed E-state index contributed by atoms with van der Waals surface area (Å²) < 4.78 is 5.14. The van der Waals surface area contributed by atoms with Crippen molar-refractivity contribution < 1.29 is 9.53 Å². The lowest BCUT2D eigenvalue weighted by Crippen LogP contribution is -2.26. The number of carbonyl (C=O) groups excluding carboxylic acids is 1. The van der Waals surface area contributed by atoms with E-state index in [1.807, 2.05) is 24.3 Å². The molecule has 1 fully saturated rings. The van der Waals surface area contributed by atoms with Crippen molar-refractivity contribution in [1.82, 2.24) is 9.97 Å². The van der Waals surface area contributed by atoms with Crippen LogP contribution in [0.15, 0.2) is 30.5 Å². The quantitative estimate of drug-likeness (QED) is 0.746. The molecule has 0 radical (unpaired) electrons. The first-order valence-electron chi connectivity index (χ1n) is 8.50. The molecule has 7 heteroatoms. The maximum absolute atomic E-state index is 11.7. The van der Waals surface area contributed by atoms with Gasteiger partial charge in [0.1, 0.15) is 11.6 Å². The van der Waals surface area contributed by atoms with E-state index in [0.29, 0.717) is 23.4 Å². The largest absolute Gasteiger partial charge is 0.497 e. The van der Waals surface area contributed by atoms with Crippen LogP contribution in [-0.2, 0) is 0 Å². The van der Waals surface area contributed by atoms with Crippen molar-refractivity contribution in [3.63, 3.8) is 0 Å². The Morgan fingerprint density at radius 3 is 2.56 bits per heavy atom. The summed E-state index contributed by atoms with van der Waals surface area (Å²) in [5.41, 5.74) is 6.60. The molecule has 1 heterocycles. The standard InChI is InChI=1S/C18H23N5O2/c1-25-14-9-7-13(8-10-14)22-18-20-11-15(16(19)24)17(23-18)21-12-5-3-2-4-6-12/h7-12H,2-6H2,1H3,(H2,19,24)(H2,20,21,22,23). The van der Waals surface area contributed by atoms with Crippen molar-refractivity contribution in [2.75, 3.05) is 17.7 Å². The number of amides is 1. The second-order valence-electron chi connectivity index (χ2n) is 6.15. The zero-order chi connectivity index (χ0) is 17.6. The third-order valence-electron chi connectivity index (χ3n) is 4.35. The summed E-state index contributed by atoms with van der Waals surface area (Å²) in [4.78, 5) is 20.3. The molecule has 3 rings (SSSR count). The van der Waals surface area contributed by atoms with E-state index >= 15 is 0 Å². The highest BCUT2D eigenvalue weighted by Gasteiger charge is 2.18. The van der Waals surface area contributed by atoms with Gasteiger partial charge in [-0.1, -0.05) is 19.3 Å². The van der Waals surface area contributed by atoms with Crippen LogP contribution >= 0.6 is 0 Å². The Kier molecular flexibility index (Phi) is 5.33. The molecule has 2 aromatic rings. The van der Waals surface area contributed by atoms with Crippen LogP contribution in [0.4, 0.5) is 17.5 Å². The van der Waals surface area contributed by atoms with Gasteiger partial charge in [0, 0.05) is 17.9 Å². The first-order chi connectivity index (χ1) is 12.2. The molecule has 132 valence electrons. The highest BCUT2D eigenvalue weighted by Crippen LogP contribution is 2.24. The summed E-state index contributed by atoms with van der Waals surface area (Å²) in [5, 5.41) is 6.49. The number of ether oxygens (including phenoxy) is 1. The van der Waals surface area contributed by atoms with Gasteiger partial charge in [0.2, 0.25) is 5.95 Å². The molecular formula is C18H23N5O2. The van der Waals surface area contributed by atoms with Gasteiger partial charge in [-0.05, 0) is 37.1 Å². The molecule has 25 heavy (non-hydrogen) atoms. The molecule has 1 amide bonds. The van der Waals surface area contributed by atoms with E-state index in [2.05, 4.69) is 20.6 Å². The third kappa shape index (κ3) is 4.37. The number of nitrogens with zero attached hydrogens (tertiary/aromatic N) is 2. The monoisotopic (exact) mass is 341 g/mol. The SMILES string of the molecule is COc1ccc(Nc2ncc(C(N)=O)c(NC3CCCCC3)n2)cc1. The summed E-state index contributed by atoms with van der Waals surface area (Å²) in [6, 6.07) is 7.76. The Bertz CT molecular complexity index is 727. The molecule has 1 aliphatic carbocycles. The van der Waals surface area contributed by atoms with Crippen LogP contribution in [0.25, 0.3) is 0 Å². The number of nitrogens with two attached hydrogens (primary N) is 1. The molecule has 1 aromatic heterocycles. The second-order valence-corrected chi connectivity index (χ2v) is 6.15. The summed E-state index contributed by atoms with van der Waals surface area (Å²) in [5.74, 6) is 1.14. The minimum atomic E-state index is -0.533. The highest BCUT2D eigenvalue weighted by atomic mass is 16.5. The topological polar surface area (TPSA) is 102 Å². The fraction of sp³-hybridized carbons (Fsp3) is 0.389.